The minimum absolute atomic E-state index is 0.0552. The van der Waals surface area contributed by atoms with Gasteiger partial charge in [-0.15, -0.1) is 30.1 Å². The van der Waals surface area contributed by atoms with E-state index in [-0.39, 0.29) is 51.6 Å². The van der Waals surface area contributed by atoms with Crippen LogP contribution in [-0.2, 0) is 52.6 Å². The van der Waals surface area contributed by atoms with Crippen LogP contribution < -0.4 is 31.9 Å². The molecule has 20 nitrogen and oxygen atoms in total. The predicted octanol–water partition coefficient (Wildman–Crippen LogP) is 2.57. The van der Waals surface area contributed by atoms with E-state index in [1.807, 2.05) is 5.32 Å². The normalized spacial score (nSPS) is 17.9. The number of carbonyl (C=O) groups excluding carboxylic acids is 9. The first-order valence-corrected chi connectivity index (χ1v) is 24.7. The van der Waals surface area contributed by atoms with Gasteiger partial charge in [-0.25, -0.2) is 4.79 Å². The van der Waals surface area contributed by atoms with E-state index in [4.69, 9.17) is 9.47 Å². The number of likely N-dealkylation sites (tertiary alicyclic amines) is 1. The second-order valence-corrected chi connectivity index (χ2v) is 22.5. The quantitative estimate of drug-likeness (QED) is 0.0416. The molecule has 0 aliphatic carbocycles. The lowest BCUT2D eigenvalue weighted by Gasteiger charge is -2.33. The maximum atomic E-state index is 14.7. The van der Waals surface area contributed by atoms with E-state index in [0.29, 0.717) is 6.42 Å². The number of carbonyl (C=O) groups is 10. The van der Waals surface area contributed by atoms with E-state index in [9.17, 15) is 53.1 Å². The summed E-state index contributed by atoms with van der Waals surface area (Å²) in [6.45, 7) is 22.1. The van der Waals surface area contributed by atoms with E-state index < -0.39 is 123 Å². The minimum Gasteiger partial charge on any atom is -0.465 e. The van der Waals surface area contributed by atoms with Crippen LogP contribution in [0.25, 0.3) is 0 Å². The van der Waals surface area contributed by atoms with E-state index >= 15 is 0 Å². The number of nitrogens with zero attached hydrogens (tertiary/aromatic N) is 1. The third-order valence-electron chi connectivity index (χ3n) is 10.4. The third kappa shape index (κ3) is 19.3. The highest BCUT2D eigenvalue weighted by Gasteiger charge is 2.53. The zero-order valence-electron chi connectivity index (χ0n) is 40.8. The summed E-state index contributed by atoms with van der Waals surface area (Å²) in [5.74, 6) is -6.56. The molecular formula is C45H73N7O13S2. The first-order valence-electron chi connectivity index (χ1n) is 22.7. The van der Waals surface area contributed by atoms with Crippen LogP contribution in [0.1, 0.15) is 121 Å². The zero-order valence-corrected chi connectivity index (χ0v) is 42.4. The van der Waals surface area contributed by atoms with Gasteiger partial charge in [-0.2, -0.15) is 0 Å². The van der Waals surface area contributed by atoms with Crippen LogP contribution in [0.4, 0.5) is 4.79 Å². The number of ketones is 1. The van der Waals surface area contributed by atoms with Crippen molar-refractivity contribution in [2.24, 2.45) is 11.8 Å². The van der Waals surface area contributed by atoms with Crippen LogP contribution in [0, 0.1) is 11.8 Å². The van der Waals surface area contributed by atoms with Gasteiger partial charge in [0.25, 0.3) is 5.91 Å². The first kappa shape index (κ1) is 58.3. The van der Waals surface area contributed by atoms with Gasteiger partial charge in [0, 0.05) is 43.9 Å². The molecule has 67 heavy (non-hydrogen) atoms. The fourth-order valence-corrected chi connectivity index (χ4v) is 10.5. The Morgan fingerprint density at radius 3 is 1.67 bits per heavy atom. The number of ether oxygens (including phenoxy) is 2. The predicted molar refractivity (Wildman–Crippen MR) is 253 cm³/mol. The Kier molecular flexibility index (Phi) is 22.7. The maximum absolute atomic E-state index is 14.7. The summed E-state index contributed by atoms with van der Waals surface area (Å²) in [7, 11) is 0. The Morgan fingerprint density at radius 1 is 0.716 bits per heavy atom. The van der Waals surface area contributed by atoms with Crippen molar-refractivity contribution < 1.29 is 62.5 Å². The third-order valence-corrected chi connectivity index (χ3v) is 13.8. The summed E-state index contributed by atoms with van der Waals surface area (Å²) in [5, 5.41) is 24.6. The SMILES string of the molecule is C=CCNC(=O)C(=O)C(CCC)NC(=O)[C@@H]1CC2(CN1C(=O)C(NC(=O)C(NC(=O)C(CCC(=O)OC(C)(C)C)NC(=O)C(CCC(=O)OC(C)(C)C)NC(=O)O)C(C)C)C(C)C)SCCS2. The van der Waals surface area contributed by atoms with Gasteiger partial charge in [-0.3, -0.25) is 43.2 Å². The van der Waals surface area contributed by atoms with E-state index in [1.165, 1.54) is 11.0 Å². The van der Waals surface area contributed by atoms with Gasteiger partial charge < -0.3 is 51.4 Å². The number of amides is 7. The smallest absolute Gasteiger partial charge is 0.405 e. The first-order chi connectivity index (χ1) is 31.0. The molecule has 0 radical (unpaired) electrons. The van der Waals surface area contributed by atoms with E-state index in [2.05, 4.69) is 33.2 Å². The summed E-state index contributed by atoms with van der Waals surface area (Å²) in [6.07, 6.45) is -0.664. The average Bonchev–Trinajstić information content (AvgIpc) is 3.84. The number of hydrogen-bond donors (Lipinski definition) is 7. The summed E-state index contributed by atoms with van der Waals surface area (Å²) >= 11 is 3.24. The van der Waals surface area contributed by atoms with E-state index in [0.717, 1.165) is 11.5 Å². The Labute approximate surface area is 402 Å². The summed E-state index contributed by atoms with van der Waals surface area (Å²) in [6, 6.07) is -7.77. The standard InChI is InChI=1S/C45H73N7O13S2/c1-13-15-27(35(55)40(60)46-20-14-2)47-38(58)30-23-45(66-21-22-67-45)24-52(30)41(61)34(26(5)6)51-39(59)33(25(3)4)50-37(57)28(16-18-31(53)64-43(7,8)9)48-36(56)29(49-42(62)63)17-19-32(54)65-44(10,11)12/h14,25-30,33-34,49H,2,13,15-24H2,1,3-12H3,(H,46,60)(H,47,58)(H,48,56)(H,50,57)(H,51,59)(H,62,63)/t27?,28?,29?,30-,33?,34?/m0/s1. The Bertz CT molecular complexity index is 1830. The van der Waals surface area contributed by atoms with Crippen LogP contribution in [0.2, 0.25) is 0 Å². The summed E-state index contributed by atoms with van der Waals surface area (Å²) in [4.78, 5) is 135. The molecule has 2 aliphatic rings. The summed E-state index contributed by atoms with van der Waals surface area (Å²) < 4.78 is 10.2. The highest BCUT2D eigenvalue weighted by molar-refractivity contribution is 8.21. The number of carboxylic acid groups (broad SMARTS) is 1. The molecule has 2 aliphatic heterocycles. The van der Waals surface area contributed by atoms with Crippen molar-refractivity contribution in [1.29, 1.82) is 0 Å². The maximum Gasteiger partial charge on any atom is 0.405 e. The van der Waals surface area contributed by atoms with Gasteiger partial charge in [-0.05, 0) is 72.6 Å². The number of nitrogens with one attached hydrogen (secondary N) is 6. The molecule has 1 spiro atoms. The Balaban J connectivity index is 2.42. The number of rotatable bonds is 24. The molecule has 7 N–H and O–H groups in total. The fourth-order valence-electron chi connectivity index (χ4n) is 7.24. The van der Waals surface area contributed by atoms with Gasteiger partial charge in [-0.1, -0.05) is 47.1 Å². The van der Waals surface area contributed by atoms with Crippen LogP contribution in [0.15, 0.2) is 12.7 Å². The largest absolute Gasteiger partial charge is 0.465 e. The van der Waals surface area contributed by atoms with Crippen molar-refractivity contribution in [2.75, 3.05) is 24.6 Å². The van der Waals surface area contributed by atoms with Crippen molar-refractivity contribution >= 4 is 82.8 Å². The number of esters is 2. The van der Waals surface area contributed by atoms with Gasteiger partial charge in [0.05, 0.1) is 10.1 Å². The molecule has 0 aromatic heterocycles. The molecule has 0 bridgehead atoms. The molecule has 2 rings (SSSR count). The van der Waals surface area contributed by atoms with Crippen molar-refractivity contribution in [3.8, 4) is 0 Å². The van der Waals surface area contributed by atoms with Crippen molar-refractivity contribution in [3.63, 3.8) is 0 Å². The van der Waals surface area contributed by atoms with Gasteiger partial charge in [0.1, 0.15) is 41.4 Å². The van der Waals surface area contributed by atoms with Gasteiger partial charge >= 0.3 is 18.0 Å². The van der Waals surface area contributed by atoms with Crippen molar-refractivity contribution in [3.05, 3.63) is 12.7 Å². The molecule has 0 saturated carbocycles. The minimum atomic E-state index is -1.58. The molecule has 2 saturated heterocycles. The van der Waals surface area contributed by atoms with Crippen molar-refractivity contribution in [1.82, 2.24) is 36.8 Å². The lowest BCUT2D eigenvalue weighted by Crippen LogP contribution is -2.61. The number of hydrogen-bond acceptors (Lipinski definition) is 14. The Hall–Kier alpha value is -4.86. The molecule has 2 heterocycles. The molecule has 0 aromatic rings. The topological polar surface area (TPSA) is 285 Å². The number of thioether (sulfide) groups is 2. The second kappa shape index (κ2) is 26.0. The lowest BCUT2D eigenvalue weighted by atomic mass is 9.98. The highest BCUT2D eigenvalue weighted by Crippen LogP contribution is 2.52. The van der Waals surface area contributed by atoms with Gasteiger partial charge in [0.2, 0.25) is 35.3 Å². The Morgan fingerprint density at radius 2 is 1.21 bits per heavy atom. The molecule has 0 aromatic carbocycles. The van der Waals surface area contributed by atoms with Crippen LogP contribution in [0.3, 0.4) is 0 Å². The second-order valence-electron chi connectivity index (χ2n) is 19.3. The van der Waals surface area contributed by atoms with Crippen LogP contribution in [-0.4, -0.2) is 145 Å². The summed E-state index contributed by atoms with van der Waals surface area (Å²) in [5.41, 5.74) is -1.73. The molecule has 7 amide bonds. The molecule has 2 fully saturated rings. The fraction of sp³-hybridized carbons (Fsp3) is 0.733. The molecular weight excluding hydrogens is 911 g/mol. The molecule has 378 valence electrons. The number of Topliss-reactive ketones (excluding diaryl/α,β-unsaturated/α-hetero) is 1. The highest BCUT2D eigenvalue weighted by atomic mass is 32.2. The lowest BCUT2D eigenvalue weighted by molar-refractivity contribution is -0.156. The zero-order chi connectivity index (χ0) is 51.0. The van der Waals surface area contributed by atoms with Crippen molar-refractivity contribution in [2.45, 2.75) is 173 Å². The molecule has 5 unspecified atom stereocenters. The van der Waals surface area contributed by atoms with E-state index in [1.54, 1.807) is 99.7 Å². The van der Waals surface area contributed by atoms with Gasteiger partial charge in [0.15, 0.2) is 0 Å². The average molecular weight is 984 g/mol. The monoisotopic (exact) mass is 983 g/mol. The molecule has 6 atom stereocenters. The molecule has 22 heteroatoms. The van der Waals surface area contributed by atoms with Crippen LogP contribution >= 0.6 is 23.5 Å². The van der Waals surface area contributed by atoms with Crippen LogP contribution in [0.5, 0.6) is 0 Å².